The lowest BCUT2D eigenvalue weighted by atomic mass is 10.1. The molecule has 2 amide bonds. The predicted molar refractivity (Wildman–Crippen MR) is 112 cm³/mol. The van der Waals surface area contributed by atoms with Crippen molar-refractivity contribution in [2.24, 2.45) is 5.92 Å². The number of methoxy groups -OCH3 is 1. The van der Waals surface area contributed by atoms with Gasteiger partial charge in [-0.05, 0) is 42.5 Å². The van der Waals surface area contributed by atoms with Gasteiger partial charge in [-0.3, -0.25) is 14.3 Å². The first-order chi connectivity index (χ1) is 13.7. The van der Waals surface area contributed by atoms with Crippen LogP contribution in [-0.2, 0) is 19.6 Å². The number of hydrogen-bond acceptors (Lipinski definition) is 5. The van der Waals surface area contributed by atoms with Gasteiger partial charge in [0.1, 0.15) is 5.75 Å². The van der Waals surface area contributed by atoms with E-state index >= 15 is 0 Å². The third-order valence-corrected chi connectivity index (χ3v) is 5.24. The highest BCUT2D eigenvalue weighted by Crippen LogP contribution is 2.30. The van der Waals surface area contributed by atoms with E-state index in [1.54, 1.807) is 41.3 Å². The summed E-state index contributed by atoms with van der Waals surface area (Å²) in [4.78, 5) is 26.5. The summed E-state index contributed by atoms with van der Waals surface area (Å²) >= 11 is 5.88. The number of carbonyl (C=O) groups is 2. The number of carbonyl (C=O) groups excluding carboxylic acids is 2. The summed E-state index contributed by atoms with van der Waals surface area (Å²) in [5, 5.41) is 3.30. The van der Waals surface area contributed by atoms with Crippen molar-refractivity contribution in [3.05, 3.63) is 47.5 Å². The quantitative estimate of drug-likeness (QED) is 0.722. The molecule has 10 heteroatoms. The first-order valence-electron chi connectivity index (χ1n) is 8.69. The summed E-state index contributed by atoms with van der Waals surface area (Å²) in [6, 6.07) is 11.4. The summed E-state index contributed by atoms with van der Waals surface area (Å²) < 4.78 is 30.6. The van der Waals surface area contributed by atoms with Crippen LogP contribution in [0.4, 0.5) is 17.1 Å². The number of halogens is 1. The standard InChI is InChI=1S/C19H20ClN3O5S/c1-28-17-8-5-14(10-16(17)22-29(2,26)27)21-19(25)12-9-18(24)23(11-12)15-6-3-13(20)4-7-15/h3-8,10,12,22H,9,11H2,1-2H3,(H,21,25). The number of rotatable bonds is 6. The Morgan fingerprint density at radius 1 is 1.21 bits per heavy atom. The Balaban J connectivity index is 1.72. The van der Waals surface area contributed by atoms with Gasteiger partial charge >= 0.3 is 0 Å². The van der Waals surface area contributed by atoms with Crippen LogP contribution in [0.1, 0.15) is 6.42 Å². The zero-order valence-electron chi connectivity index (χ0n) is 15.8. The average Bonchev–Trinajstić information content (AvgIpc) is 3.03. The molecule has 1 atom stereocenters. The van der Waals surface area contributed by atoms with Gasteiger partial charge in [-0.15, -0.1) is 0 Å². The van der Waals surface area contributed by atoms with Crippen molar-refractivity contribution in [1.29, 1.82) is 0 Å². The minimum absolute atomic E-state index is 0.0824. The predicted octanol–water partition coefficient (Wildman–Crippen LogP) is 2.71. The van der Waals surface area contributed by atoms with Crippen molar-refractivity contribution in [1.82, 2.24) is 0 Å². The number of hydrogen-bond donors (Lipinski definition) is 2. The highest BCUT2D eigenvalue weighted by atomic mass is 35.5. The number of ether oxygens (including phenoxy) is 1. The van der Waals surface area contributed by atoms with Gasteiger partial charge in [-0.1, -0.05) is 11.6 Å². The van der Waals surface area contributed by atoms with Gasteiger partial charge in [0.25, 0.3) is 0 Å². The van der Waals surface area contributed by atoms with Gasteiger partial charge in [-0.25, -0.2) is 8.42 Å². The maximum atomic E-state index is 12.7. The van der Waals surface area contributed by atoms with E-state index < -0.39 is 15.9 Å². The Morgan fingerprint density at radius 3 is 2.52 bits per heavy atom. The fraction of sp³-hybridized carbons (Fsp3) is 0.263. The zero-order chi connectivity index (χ0) is 21.2. The van der Waals surface area contributed by atoms with Crippen LogP contribution in [0.15, 0.2) is 42.5 Å². The molecule has 154 valence electrons. The molecule has 8 nitrogen and oxygen atoms in total. The molecule has 0 aliphatic carbocycles. The van der Waals surface area contributed by atoms with Crippen LogP contribution in [0.2, 0.25) is 5.02 Å². The molecular weight excluding hydrogens is 418 g/mol. The van der Waals surface area contributed by atoms with E-state index in [0.717, 1.165) is 6.26 Å². The second-order valence-electron chi connectivity index (χ2n) is 6.66. The van der Waals surface area contributed by atoms with E-state index in [4.69, 9.17) is 16.3 Å². The normalized spacial score (nSPS) is 16.6. The number of anilines is 3. The highest BCUT2D eigenvalue weighted by molar-refractivity contribution is 7.92. The van der Waals surface area contributed by atoms with E-state index in [2.05, 4.69) is 10.0 Å². The van der Waals surface area contributed by atoms with Gasteiger partial charge in [-0.2, -0.15) is 0 Å². The summed E-state index contributed by atoms with van der Waals surface area (Å²) in [6.07, 6.45) is 1.10. The number of nitrogens with one attached hydrogen (secondary N) is 2. The Bertz CT molecular complexity index is 1040. The molecule has 0 aromatic heterocycles. The molecule has 0 spiro atoms. The third kappa shape index (κ3) is 5.18. The Kier molecular flexibility index (Phi) is 5.99. The molecule has 1 heterocycles. The van der Waals surface area contributed by atoms with Crippen molar-refractivity contribution >= 4 is 50.5 Å². The fourth-order valence-electron chi connectivity index (χ4n) is 3.06. The third-order valence-electron chi connectivity index (χ3n) is 4.40. The van der Waals surface area contributed by atoms with Crippen molar-refractivity contribution < 1.29 is 22.7 Å². The van der Waals surface area contributed by atoms with Crippen LogP contribution in [0.3, 0.4) is 0 Å². The van der Waals surface area contributed by atoms with Gasteiger partial charge < -0.3 is 15.0 Å². The number of amides is 2. The molecule has 0 saturated carbocycles. The van der Waals surface area contributed by atoms with E-state index in [1.165, 1.54) is 13.2 Å². The number of nitrogens with zero attached hydrogens (tertiary/aromatic N) is 1. The first kappa shape index (κ1) is 20.9. The molecule has 1 aliphatic heterocycles. The second-order valence-corrected chi connectivity index (χ2v) is 8.85. The summed E-state index contributed by atoms with van der Waals surface area (Å²) in [6.45, 7) is 0.247. The van der Waals surface area contributed by atoms with E-state index in [9.17, 15) is 18.0 Å². The summed E-state index contributed by atoms with van der Waals surface area (Å²) in [5.74, 6) is -0.697. The molecule has 2 aromatic carbocycles. The van der Waals surface area contributed by atoms with Crippen LogP contribution in [0, 0.1) is 5.92 Å². The van der Waals surface area contributed by atoms with Crippen molar-refractivity contribution in [3.8, 4) is 5.75 Å². The van der Waals surface area contributed by atoms with Crippen LogP contribution in [-0.4, -0.2) is 40.1 Å². The Labute approximate surface area is 173 Å². The van der Waals surface area contributed by atoms with E-state index in [-0.39, 0.29) is 30.5 Å². The lowest BCUT2D eigenvalue weighted by Crippen LogP contribution is -2.28. The minimum atomic E-state index is -3.52. The van der Waals surface area contributed by atoms with Gasteiger partial charge in [0, 0.05) is 29.4 Å². The minimum Gasteiger partial charge on any atom is -0.495 e. The maximum Gasteiger partial charge on any atom is 0.229 e. The molecule has 1 fully saturated rings. The molecule has 1 saturated heterocycles. The zero-order valence-corrected chi connectivity index (χ0v) is 17.4. The SMILES string of the molecule is COc1ccc(NC(=O)C2CC(=O)N(c3ccc(Cl)cc3)C2)cc1NS(C)(=O)=O. The Morgan fingerprint density at radius 2 is 1.90 bits per heavy atom. The number of benzene rings is 2. The van der Waals surface area contributed by atoms with Crippen LogP contribution in [0.5, 0.6) is 5.75 Å². The molecule has 1 aliphatic rings. The fourth-order valence-corrected chi connectivity index (χ4v) is 3.75. The Hall–Kier alpha value is -2.78. The maximum absolute atomic E-state index is 12.7. The lowest BCUT2D eigenvalue weighted by molar-refractivity contribution is -0.122. The van der Waals surface area contributed by atoms with Gasteiger partial charge in [0.2, 0.25) is 21.8 Å². The smallest absolute Gasteiger partial charge is 0.229 e. The molecule has 29 heavy (non-hydrogen) atoms. The summed E-state index contributed by atoms with van der Waals surface area (Å²) in [7, 11) is -2.11. The van der Waals surface area contributed by atoms with Gasteiger partial charge in [0.05, 0.1) is 25.0 Å². The molecular formula is C19H20ClN3O5S. The summed E-state index contributed by atoms with van der Waals surface area (Å²) in [5.41, 5.74) is 1.27. The van der Waals surface area contributed by atoms with Crippen LogP contribution >= 0.6 is 11.6 Å². The van der Waals surface area contributed by atoms with Crippen molar-refractivity contribution in [3.63, 3.8) is 0 Å². The topological polar surface area (TPSA) is 105 Å². The molecule has 1 unspecified atom stereocenters. The first-order valence-corrected chi connectivity index (χ1v) is 11.0. The lowest BCUT2D eigenvalue weighted by Gasteiger charge is -2.17. The van der Waals surface area contributed by atoms with E-state index in [1.807, 2.05) is 0 Å². The van der Waals surface area contributed by atoms with Gasteiger partial charge in [0.15, 0.2) is 0 Å². The molecule has 2 aromatic rings. The van der Waals surface area contributed by atoms with Crippen molar-refractivity contribution in [2.75, 3.05) is 34.8 Å². The molecule has 3 rings (SSSR count). The van der Waals surface area contributed by atoms with Crippen molar-refractivity contribution in [2.45, 2.75) is 6.42 Å². The largest absolute Gasteiger partial charge is 0.495 e. The monoisotopic (exact) mass is 437 g/mol. The van der Waals surface area contributed by atoms with Crippen LogP contribution < -0.4 is 19.7 Å². The average molecular weight is 438 g/mol. The molecule has 0 bridgehead atoms. The highest BCUT2D eigenvalue weighted by Gasteiger charge is 2.35. The van der Waals surface area contributed by atoms with E-state index in [0.29, 0.717) is 22.1 Å². The number of sulfonamides is 1. The molecule has 2 N–H and O–H groups in total. The van der Waals surface area contributed by atoms with Crippen LogP contribution in [0.25, 0.3) is 0 Å². The molecule has 0 radical (unpaired) electrons. The second kappa shape index (κ2) is 8.30.